The van der Waals surface area contributed by atoms with Crippen LogP contribution in [-0.4, -0.2) is 56.2 Å². The molecule has 0 spiro atoms. The molecule has 2 aromatic heterocycles. The van der Waals surface area contributed by atoms with Gasteiger partial charge in [0.1, 0.15) is 35.2 Å². The lowest BCUT2D eigenvalue weighted by atomic mass is 10.1. The Kier molecular flexibility index (Phi) is 9.64. The molecular formula is C33H36FN7O2. The molecule has 3 heterocycles. The number of nitrogen functional groups attached to an aromatic ring is 1. The van der Waals surface area contributed by atoms with E-state index in [0.717, 1.165) is 45.1 Å². The van der Waals surface area contributed by atoms with Gasteiger partial charge in [0.05, 0.1) is 11.9 Å². The first-order chi connectivity index (χ1) is 20.9. The van der Waals surface area contributed by atoms with E-state index >= 15 is 4.39 Å². The van der Waals surface area contributed by atoms with Crippen LogP contribution in [0, 0.1) is 18.2 Å². The van der Waals surface area contributed by atoms with Crippen molar-refractivity contribution in [3.63, 3.8) is 0 Å². The number of ether oxygens (including phenoxy) is 1. The first-order valence-corrected chi connectivity index (χ1v) is 14.6. The molecule has 222 valence electrons. The number of hydrogen-bond acceptors (Lipinski definition) is 7. The fraction of sp³-hybridized carbons (Fsp3) is 0.333. The number of nitrogens with one attached hydrogen (secondary N) is 1. The van der Waals surface area contributed by atoms with Crippen LogP contribution in [0.5, 0.6) is 11.5 Å². The highest BCUT2D eigenvalue weighted by Gasteiger charge is 2.29. The molecule has 1 amide bonds. The van der Waals surface area contributed by atoms with Crippen molar-refractivity contribution in [1.29, 1.82) is 0 Å². The Labute approximate surface area is 251 Å². The van der Waals surface area contributed by atoms with Crippen molar-refractivity contribution in [3.8, 4) is 35.1 Å². The number of anilines is 1. The van der Waals surface area contributed by atoms with E-state index in [4.69, 9.17) is 22.0 Å². The summed E-state index contributed by atoms with van der Waals surface area (Å²) in [6, 6.07) is 13.9. The van der Waals surface area contributed by atoms with E-state index in [0.29, 0.717) is 53.4 Å². The zero-order valence-corrected chi connectivity index (χ0v) is 24.1. The number of likely N-dealkylation sites (tertiary alicyclic amines) is 1. The number of carbonyl (C=O) groups is 1. The largest absolute Gasteiger partial charge is 0.457 e. The normalized spacial score (nSPS) is 14.9. The van der Waals surface area contributed by atoms with Crippen LogP contribution < -0.4 is 15.8 Å². The first kappa shape index (κ1) is 29.7. The van der Waals surface area contributed by atoms with E-state index < -0.39 is 5.82 Å². The number of hydrogen-bond donors (Lipinski definition) is 2. The lowest BCUT2D eigenvalue weighted by molar-refractivity contribution is -0.117. The van der Waals surface area contributed by atoms with Gasteiger partial charge < -0.3 is 15.8 Å². The Morgan fingerprint density at radius 2 is 2.00 bits per heavy atom. The van der Waals surface area contributed by atoms with Gasteiger partial charge in [-0.1, -0.05) is 31.2 Å². The van der Waals surface area contributed by atoms with Gasteiger partial charge in [0.2, 0.25) is 5.91 Å². The summed E-state index contributed by atoms with van der Waals surface area (Å²) >= 11 is 0. The molecular weight excluding hydrogens is 545 g/mol. The lowest BCUT2D eigenvalue weighted by Crippen LogP contribution is -2.38. The number of nitrogens with two attached hydrogens (primary N) is 1. The first-order valence-electron chi connectivity index (χ1n) is 14.6. The molecule has 0 saturated carbocycles. The van der Waals surface area contributed by atoms with Gasteiger partial charge in [-0.15, -0.1) is 12.3 Å². The second-order valence-electron chi connectivity index (χ2n) is 10.7. The molecule has 0 unspecified atom stereocenters. The van der Waals surface area contributed by atoms with E-state index in [1.165, 1.54) is 12.4 Å². The summed E-state index contributed by atoms with van der Waals surface area (Å²) in [5.41, 5.74) is 7.96. The quantitative estimate of drug-likeness (QED) is 0.125. The summed E-state index contributed by atoms with van der Waals surface area (Å²) in [6.45, 7) is 6.43. The predicted molar refractivity (Wildman–Crippen MR) is 166 cm³/mol. The maximum absolute atomic E-state index is 15.5. The van der Waals surface area contributed by atoms with E-state index in [1.54, 1.807) is 28.9 Å². The van der Waals surface area contributed by atoms with Crippen molar-refractivity contribution >= 4 is 22.8 Å². The SMILES string of the molecule is C#CCCCCCNC(=O)C(=C)CN1CCC[C@@H]1Cn1nc(-c2ccc(Oc3ccccc3)cc2F)c2c(N)ncnc21. The van der Waals surface area contributed by atoms with Gasteiger partial charge in [-0.05, 0) is 56.5 Å². The molecule has 1 saturated heterocycles. The van der Waals surface area contributed by atoms with Gasteiger partial charge in [0, 0.05) is 42.8 Å². The van der Waals surface area contributed by atoms with Crippen LogP contribution in [0.25, 0.3) is 22.3 Å². The third kappa shape index (κ3) is 7.19. The Morgan fingerprint density at radius 3 is 2.79 bits per heavy atom. The van der Waals surface area contributed by atoms with E-state index in [-0.39, 0.29) is 23.3 Å². The maximum Gasteiger partial charge on any atom is 0.247 e. The Morgan fingerprint density at radius 1 is 1.16 bits per heavy atom. The predicted octanol–water partition coefficient (Wildman–Crippen LogP) is 5.34. The highest BCUT2D eigenvalue weighted by molar-refractivity contribution is 5.98. The average Bonchev–Trinajstić information content (AvgIpc) is 3.60. The minimum Gasteiger partial charge on any atom is -0.457 e. The standard InChI is InChI=1S/C33H36FN7O2/c1-3-4-5-6-10-17-36-33(42)23(2)20-40-18-11-12-24(40)21-41-32-29(31(35)37-22-38-32)30(39-41)27-16-15-26(19-28(27)34)43-25-13-8-7-9-14-25/h1,7-9,13-16,19,22,24H,2,4-6,10-12,17-18,20-21H2,(H,36,42)(H2,35,37,38)/t24-/m1/s1. The zero-order valence-electron chi connectivity index (χ0n) is 24.1. The average molecular weight is 582 g/mol. The van der Waals surface area contributed by atoms with Crippen LogP contribution in [0.4, 0.5) is 10.2 Å². The van der Waals surface area contributed by atoms with Crippen molar-refractivity contribution in [2.45, 2.75) is 51.1 Å². The summed E-state index contributed by atoms with van der Waals surface area (Å²) in [6.07, 6.45) is 12.2. The van der Waals surface area contributed by atoms with Crippen molar-refractivity contribution in [2.75, 3.05) is 25.4 Å². The van der Waals surface area contributed by atoms with Gasteiger partial charge in [0.25, 0.3) is 0 Å². The molecule has 0 aliphatic carbocycles. The monoisotopic (exact) mass is 581 g/mol. The van der Waals surface area contributed by atoms with Crippen LogP contribution in [-0.2, 0) is 11.3 Å². The summed E-state index contributed by atoms with van der Waals surface area (Å²) in [4.78, 5) is 23.5. The summed E-state index contributed by atoms with van der Waals surface area (Å²) < 4.78 is 23.0. The minimum absolute atomic E-state index is 0.0898. The summed E-state index contributed by atoms with van der Waals surface area (Å²) in [5.74, 6) is 3.21. The van der Waals surface area contributed by atoms with Crippen molar-refractivity contribution < 1.29 is 13.9 Å². The number of fused-ring (bicyclic) bond motifs is 1. The molecule has 10 heteroatoms. The maximum atomic E-state index is 15.5. The molecule has 1 aliphatic heterocycles. The Hall–Kier alpha value is -4.75. The molecule has 0 bridgehead atoms. The third-order valence-electron chi connectivity index (χ3n) is 7.61. The van der Waals surface area contributed by atoms with Crippen LogP contribution in [0.3, 0.4) is 0 Å². The Balaban J connectivity index is 1.30. The number of unbranched alkanes of at least 4 members (excludes halogenated alkanes) is 3. The van der Waals surface area contributed by atoms with Crippen LogP contribution >= 0.6 is 0 Å². The smallest absolute Gasteiger partial charge is 0.247 e. The molecule has 9 nitrogen and oxygen atoms in total. The third-order valence-corrected chi connectivity index (χ3v) is 7.61. The number of rotatable bonds is 13. The topological polar surface area (TPSA) is 111 Å². The molecule has 3 N–H and O–H groups in total. The number of amides is 1. The molecule has 1 atom stereocenters. The second-order valence-corrected chi connectivity index (χ2v) is 10.7. The van der Waals surface area contributed by atoms with E-state index in [2.05, 4.69) is 32.7 Å². The summed E-state index contributed by atoms with van der Waals surface area (Å²) in [5, 5.41) is 8.25. The minimum atomic E-state index is -0.496. The second kappa shape index (κ2) is 13.9. The van der Waals surface area contributed by atoms with Crippen LogP contribution in [0.2, 0.25) is 0 Å². The highest BCUT2D eigenvalue weighted by Crippen LogP contribution is 2.34. The van der Waals surface area contributed by atoms with Crippen molar-refractivity contribution in [1.82, 2.24) is 30.0 Å². The van der Waals surface area contributed by atoms with Crippen LogP contribution in [0.15, 0.2) is 67.0 Å². The number of para-hydroxylation sites is 1. The highest BCUT2D eigenvalue weighted by atomic mass is 19.1. The molecule has 1 fully saturated rings. The number of benzene rings is 2. The number of aromatic nitrogens is 4. The van der Waals surface area contributed by atoms with Gasteiger partial charge in [0.15, 0.2) is 5.65 Å². The fourth-order valence-electron chi connectivity index (χ4n) is 5.40. The number of nitrogens with zero attached hydrogens (tertiary/aromatic N) is 5. The fourth-order valence-corrected chi connectivity index (χ4v) is 5.40. The zero-order chi connectivity index (χ0) is 30.2. The van der Waals surface area contributed by atoms with Crippen molar-refractivity contribution in [2.24, 2.45) is 0 Å². The molecule has 0 radical (unpaired) electrons. The van der Waals surface area contributed by atoms with E-state index in [1.807, 2.05) is 18.2 Å². The van der Waals surface area contributed by atoms with Crippen LogP contribution in [0.1, 0.15) is 38.5 Å². The van der Waals surface area contributed by atoms with Crippen molar-refractivity contribution in [3.05, 3.63) is 72.8 Å². The molecule has 1 aliphatic rings. The number of carbonyl (C=O) groups excluding carboxylic acids is 1. The van der Waals surface area contributed by atoms with Gasteiger partial charge in [-0.25, -0.2) is 19.0 Å². The Bertz CT molecular complexity index is 1630. The van der Waals surface area contributed by atoms with Gasteiger partial charge >= 0.3 is 0 Å². The molecule has 2 aromatic carbocycles. The summed E-state index contributed by atoms with van der Waals surface area (Å²) in [7, 11) is 0. The van der Waals surface area contributed by atoms with Gasteiger partial charge in [-0.2, -0.15) is 5.10 Å². The molecule has 4 aromatic rings. The van der Waals surface area contributed by atoms with Gasteiger partial charge in [-0.3, -0.25) is 9.69 Å². The molecule has 5 rings (SSSR count). The van der Waals surface area contributed by atoms with E-state index in [9.17, 15) is 4.79 Å². The molecule has 43 heavy (non-hydrogen) atoms. The lowest BCUT2D eigenvalue weighted by Gasteiger charge is -2.25. The number of terminal acetylenes is 1. The number of halogens is 1.